The molecule has 1 aliphatic carbocycles. The molecule has 1 fully saturated rings. The van der Waals surface area contributed by atoms with Crippen molar-refractivity contribution in [1.29, 1.82) is 0 Å². The average Bonchev–Trinajstić information content (AvgIpc) is 2.30. The Labute approximate surface area is 85.0 Å². The summed E-state index contributed by atoms with van der Waals surface area (Å²) in [6, 6.07) is 0.675. The molecule has 2 atom stereocenters. The molecule has 1 aliphatic rings. The quantitative estimate of drug-likeness (QED) is 0.773. The summed E-state index contributed by atoms with van der Waals surface area (Å²) in [6.07, 6.45) is 10.6. The van der Waals surface area contributed by atoms with Crippen molar-refractivity contribution in [3.05, 3.63) is 24.3 Å². The first-order valence-electron chi connectivity index (χ1n) is 5.32. The second-order valence-electron chi connectivity index (χ2n) is 4.02. The van der Waals surface area contributed by atoms with E-state index in [2.05, 4.69) is 22.3 Å². The Bertz CT molecular complexity index is 273. The molecular weight excluding hydrogens is 174 g/mol. The third kappa shape index (κ3) is 2.10. The predicted octanol–water partition coefficient (Wildman–Crippen LogP) is 1.72. The van der Waals surface area contributed by atoms with Crippen molar-refractivity contribution in [2.45, 2.75) is 37.6 Å². The van der Waals surface area contributed by atoms with E-state index in [0.29, 0.717) is 12.0 Å². The van der Waals surface area contributed by atoms with Gasteiger partial charge in [-0.05, 0) is 37.8 Å². The Hall–Kier alpha value is -0.960. The number of aromatic nitrogens is 2. The molecule has 1 aromatic heterocycles. The molecule has 0 aliphatic heterocycles. The van der Waals surface area contributed by atoms with Crippen LogP contribution in [-0.2, 0) is 0 Å². The first-order valence-corrected chi connectivity index (χ1v) is 5.32. The average molecular weight is 191 g/mol. The van der Waals surface area contributed by atoms with E-state index in [1.165, 1.54) is 31.2 Å². The Morgan fingerprint density at radius 3 is 2.79 bits per heavy atom. The van der Waals surface area contributed by atoms with Crippen molar-refractivity contribution < 1.29 is 0 Å². The highest BCUT2D eigenvalue weighted by Gasteiger charge is 2.22. The molecule has 0 aromatic carbocycles. The Morgan fingerprint density at radius 2 is 2.07 bits per heavy atom. The van der Waals surface area contributed by atoms with Crippen LogP contribution in [0.2, 0.25) is 0 Å². The molecule has 2 unspecified atom stereocenters. The molecule has 3 nitrogen and oxygen atoms in total. The molecule has 1 heterocycles. The monoisotopic (exact) mass is 191 g/mol. The topological polar surface area (TPSA) is 37.8 Å². The SMILES string of the molecule is CNC1CCCC(c2cncnc2)C1. The van der Waals surface area contributed by atoms with Gasteiger partial charge >= 0.3 is 0 Å². The lowest BCUT2D eigenvalue weighted by atomic mass is 9.82. The molecule has 14 heavy (non-hydrogen) atoms. The van der Waals surface area contributed by atoms with Crippen LogP contribution in [0.25, 0.3) is 0 Å². The maximum absolute atomic E-state index is 4.08. The fraction of sp³-hybridized carbons (Fsp3) is 0.636. The number of hydrogen-bond donors (Lipinski definition) is 1. The smallest absolute Gasteiger partial charge is 0.115 e. The minimum absolute atomic E-state index is 0.655. The minimum atomic E-state index is 0.655. The molecule has 0 spiro atoms. The third-order valence-corrected chi connectivity index (χ3v) is 3.13. The lowest BCUT2D eigenvalue weighted by molar-refractivity contribution is 0.354. The number of nitrogens with zero attached hydrogens (tertiary/aromatic N) is 2. The van der Waals surface area contributed by atoms with E-state index in [9.17, 15) is 0 Å². The first kappa shape index (κ1) is 9.59. The summed E-state index contributed by atoms with van der Waals surface area (Å²) in [7, 11) is 2.05. The summed E-state index contributed by atoms with van der Waals surface area (Å²) < 4.78 is 0. The second kappa shape index (κ2) is 4.51. The normalized spacial score (nSPS) is 27.5. The Balaban J connectivity index is 2.04. The van der Waals surface area contributed by atoms with Gasteiger partial charge in [-0.25, -0.2) is 9.97 Å². The van der Waals surface area contributed by atoms with Crippen LogP contribution in [0.15, 0.2) is 18.7 Å². The van der Waals surface area contributed by atoms with Gasteiger partial charge in [0.05, 0.1) is 0 Å². The highest BCUT2D eigenvalue weighted by atomic mass is 14.9. The van der Waals surface area contributed by atoms with E-state index in [4.69, 9.17) is 0 Å². The van der Waals surface area contributed by atoms with E-state index < -0.39 is 0 Å². The van der Waals surface area contributed by atoms with Gasteiger partial charge in [0.15, 0.2) is 0 Å². The van der Waals surface area contributed by atoms with Crippen LogP contribution in [-0.4, -0.2) is 23.1 Å². The van der Waals surface area contributed by atoms with Gasteiger partial charge in [-0.15, -0.1) is 0 Å². The van der Waals surface area contributed by atoms with Crippen LogP contribution >= 0.6 is 0 Å². The number of rotatable bonds is 2. The van der Waals surface area contributed by atoms with Crippen LogP contribution in [0.1, 0.15) is 37.2 Å². The summed E-state index contributed by atoms with van der Waals surface area (Å²) in [5, 5.41) is 3.36. The summed E-state index contributed by atoms with van der Waals surface area (Å²) in [6.45, 7) is 0. The lowest BCUT2D eigenvalue weighted by Crippen LogP contribution is -2.30. The first-order chi connectivity index (χ1) is 6.90. The minimum Gasteiger partial charge on any atom is -0.317 e. The van der Waals surface area contributed by atoms with E-state index in [-0.39, 0.29) is 0 Å². The fourth-order valence-electron chi connectivity index (χ4n) is 2.28. The maximum Gasteiger partial charge on any atom is 0.115 e. The standard InChI is InChI=1S/C11H17N3/c1-12-11-4-2-3-9(5-11)10-6-13-8-14-7-10/h6-9,11-12H,2-5H2,1H3. The molecule has 0 saturated heterocycles. The molecular formula is C11H17N3. The Kier molecular flexibility index (Phi) is 3.09. The van der Waals surface area contributed by atoms with Gasteiger partial charge in [-0.1, -0.05) is 6.42 Å². The van der Waals surface area contributed by atoms with Gasteiger partial charge < -0.3 is 5.32 Å². The molecule has 0 amide bonds. The molecule has 76 valence electrons. The summed E-state index contributed by atoms with van der Waals surface area (Å²) >= 11 is 0. The van der Waals surface area contributed by atoms with Crippen molar-refractivity contribution in [3.63, 3.8) is 0 Å². The zero-order valence-electron chi connectivity index (χ0n) is 8.61. The van der Waals surface area contributed by atoms with Crippen molar-refractivity contribution in [2.75, 3.05) is 7.05 Å². The van der Waals surface area contributed by atoms with Crippen molar-refractivity contribution in [2.24, 2.45) is 0 Å². The van der Waals surface area contributed by atoms with Crippen LogP contribution in [0.5, 0.6) is 0 Å². The molecule has 1 aromatic rings. The summed E-state index contributed by atoms with van der Waals surface area (Å²) in [5.74, 6) is 0.655. The maximum atomic E-state index is 4.08. The van der Waals surface area contributed by atoms with E-state index in [1.54, 1.807) is 6.33 Å². The van der Waals surface area contributed by atoms with Gasteiger partial charge in [0, 0.05) is 18.4 Å². The predicted molar refractivity (Wildman–Crippen MR) is 56.1 cm³/mol. The van der Waals surface area contributed by atoms with Gasteiger partial charge in [0.1, 0.15) is 6.33 Å². The molecule has 1 N–H and O–H groups in total. The molecule has 2 rings (SSSR count). The molecule has 0 bridgehead atoms. The van der Waals surface area contributed by atoms with E-state index in [0.717, 1.165) is 0 Å². The van der Waals surface area contributed by atoms with E-state index in [1.807, 2.05) is 12.4 Å². The van der Waals surface area contributed by atoms with Gasteiger partial charge in [0.2, 0.25) is 0 Å². The largest absolute Gasteiger partial charge is 0.317 e. The molecule has 0 radical (unpaired) electrons. The van der Waals surface area contributed by atoms with Crippen LogP contribution in [0.3, 0.4) is 0 Å². The summed E-state index contributed by atoms with van der Waals surface area (Å²) in [5.41, 5.74) is 1.30. The second-order valence-corrected chi connectivity index (χ2v) is 4.02. The third-order valence-electron chi connectivity index (χ3n) is 3.13. The van der Waals surface area contributed by atoms with Crippen molar-refractivity contribution in [3.8, 4) is 0 Å². The zero-order chi connectivity index (χ0) is 9.80. The van der Waals surface area contributed by atoms with Gasteiger partial charge in [0.25, 0.3) is 0 Å². The Morgan fingerprint density at radius 1 is 1.29 bits per heavy atom. The molecule has 3 heteroatoms. The van der Waals surface area contributed by atoms with Crippen molar-refractivity contribution >= 4 is 0 Å². The zero-order valence-corrected chi connectivity index (χ0v) is 8.61. The van der Waals surface area contributed by atoms with Gasteiger partial charge in [-0.3, -0.25) is 0 Å². The van der Waals surface area contributed by atoms with Crippen molar-refractivity contribution in [1.82, 2.24) is 15.3 Å². The van der Waals surface area contributed by atoms with E-state index >= 15 is 0 Å². The summed E-state index contributed by atoms with van der Waals surface area (Å²) in [4.78, 5) is 8.16. The van der Waals surface area contributed by atoms with Gasteiger partial charge in [-0.2, -0.15) is 0 Å². The van der Waals surface area contributed by atoms with Crippen LogP contribution in [0, 0.1) is 0 Å². The number of hydrogen-bond acceptors (Lipinski definition) is 3. The highest BCUT2D eigenvalue weighted by Crippen LogP contribution is 2.31. The lowest BCUT2D eigenvalue weighted by Gasteiger charge is -2.28. The highest BCUT2D eigenvalue weighted by molar-refractivity contribution is 5.11. The molecule has 1 saturated carbocycles. The van der Waals surface area contributed by atoms with Crippen LogP contribution < -0.4 is 5.32 Å². The fourth-order valence-corrected chi connectivity index (χ4v) is 2.28. The van der Waals surface area contributed by atoms with Crippen LogP contribution in [0.4, 0.5) is 0 Å². The number of nitrogens with one attached hydrogen (secondary N) is 1.